The Labute approximate surface area is 58.0 Å². The van der Waals surface area contributed by atoms with Crippen molar-refractivity contribution in [2.24, 2.45) is 0 Å². The fourth-order valence-electron chi connectivity index (χ4n) is 0.322. The molecule has 0 amide bonds. The van der Waals surface area contributed by atoms with Crippen molar-refractivity contribution < 1.29 is 23.8 Å². The van der Waals surface area contributed by atoms with Gasteiger partial charge in [0.15, 0.2) is 0 Å². The lowest BCUT2D eigenvalue weighted by Crippen LogP contribution is -1.86. The van der Waals surface area contributed by atoms with Gasteiger partial charge in [0.25, 0.3) is 0 Å². The fraction of sp³-hybridized carbons (Fsp3) is 0.333. The highest BCUT2D eigenvalue weighted by atomic mass is 31.2. The van der Waals surface area contributed by atoms with Gasteiger partial charge in [-0.1, -0.05) is 6.58 Å². The van der Waals surface area contributed by atoms with Crippen LogP contribution < -0.4 is 0 Å². The predicted octanol–water partition coefficient (Wildman–Crippen LogP) is 0.535. The molecule has 60 valence electrons. The smallest absolute Gasteiger partial charge is 0.335 e. The third-order valence-corrected chi connectivity index (χ3v) is 4.34. The summed E-state index contributed by atoms with van der Waals surface area (Å²) in [5, 5.41) is 0. The second-order valence-electron chi connectivity index (χ2n) is 1.74. The van der Waals surface area contributed by atoms with Crippen LogP contribution in [-0.2, 0) is 9.13 Å². The van der Waals surface area contributed by atoms with Crippen molar-refractivity contribution in [2.45, 2.75) is 0 Å². The molecule has 0 fully saturated rings. The summed E-state index contributed by atoms with van der Waals surface area (Å²) in [5.74, 6) is -0.365. The van der Waals surface area contributed by atoms with Crippen LogP contribution in [-0.4, -0.2) is 20.6 Å². The minimum atomic E-state index is -4.39. The maximum atomic E-state index is 10.5. The molecule has 0 heterocycles. The van der Waals surface area contributed by atoms with E-state index in [9.17, 15) is 9.13 Å². The first-order chi connectivity index (χ1) is 4.27. The van der Waals surface area contributed by atoms with Gasteiger partial charge in [-0.15, -0.1) is 0 Å². The quantitative estimate of drug-likeness (QED) is 0.559. The van der Waals surface area contributed by atoms with E-state index in [1.165, 1.54) is 0 Å². The highest BCUT2D eigenvalue weighted by Gasteiger charge is 2.26. The molecular formula is C3H8O5P2. The molecule has 3 N–H and O–H groups in total. The second kappa shape index (κ2) is 2.99. The highest BCUT2D eigenvalue weighted by Crippen LogP contribution is 2.55. The van der Waals surface area contributed by atoms with E-state index in [-0.39, 0.29) is 0 Å². The van der Waals surface area contributed by atoms with Gasteiger partial charge in [-0.25, -0.2) is 0 Å². The van der Waals surface area contributed by atoms with E-state index in [1.807, 2.05) is 0 Å². The second-order valence-corrected chi connectivity index (χ2v) is 6.08. The average molecular weight is 186 g/mol. The molecule has 0 aliphatic carbocycles. The summed E-state index contributed by atoms with van der Waals surface area (Å²) in [7, 11) is -8.18. The first-order valence-corrected chi connectivity index (χ1v) is 5.98. The Morgan fingerprint density at radius 1 is 1.30 bits per heavy atom. The summed E-state index contributed by atoms with van der Waals surface area (Å²) in [5.41, 5.74) is 0. The molecule has 0 bridgehead atoms. The van der Waals surface area contributed by atoms with E-state index < -0.39 is 20.9 Å². The molecule has 10 heavy (non-hydrogen) atoms. The molecule has 0 aromatic heterocycles. The van der Waals surface area contributed by atoms with Crippen molar-refractivity contribution in [2.75, 3.05) is 5.90 Å². The predicted molar refractivity (Wildman–Crippen MR) is 36.9 cm³/mol. The molecule has 7 heteroatoms. The number of hydrogen-bond acceptors (Lipinski definition) is 2. The molecular weight excluding hydrogens is 178 g/mol. The molecule has 0 aliphatic heterocycles. The van der Waals surface area contributed by atoms with Crippen molar-refractivity contribution in [3.05, 3.63) is 12.4 Å². The molecule has 0 rings (SSSR count). The maximum Gasteiger partial charge on any atom is 0.335 e. The Kier molecular flexibility index (Phi) is 3.01. The van der Waals surface area contributed by atoms with Gasteiger partial charge in [0.1, 0.15) is 5.90 Å². The van der Waals surface area contributed by atoms with E-state index in [2.05, 4.69) is 6.58 Å². The minimum absolute atomic E-state index is 0.659. The van der Waals surface area contributed by atoms with Gasteiger partial charge >= 0.3 is 7.60 Å². The van der Waals surface area contributed by atoms with E-state index in [0.717, 1.165) is 0 Å². The van der Waals surface area contributed by atoms with Gasteiger partial charge in [-0.05, 0) is 5.82 Å². The minimum Gasteiger partial charge on any atom is -0.341 e. The van der Waals surface area contributed by atoms with E-state index in [1.54, 1.807) is 0 Å². The van der Waals surface area contributed by atoms with Crippen molar-refractivity contribution in [3.63, 3.8) is 0 Å². The van der Waals surface area contributed by atoms with Crippen molar-refractivity contribution in [3.8, 4) is 0 Å². The zero-order valence-corrected chi connectivity index (χ0v) is 6.83. The highest BCUT2D eigenvalue weighted by molar-refractivity contribution is 7.74. The molecule has 0 aliphatic rings. The third-order valence-electron chi connectivity index (χ3n) is 0.672. The van der Waals surface area contributed by atoms with Crippen molar-refractivity contribution in [1.29, 1.82) is 0 Å². The Morgan fingerprint density at radius 2 is 1.70 bits per heavy atom. The lowest BCUT2D eigenvalue weighted by atomic mass is 11.3. The molecule has 0 radical (unpaired) electrons. The van der Waals surface area contributed by atoms with E-state index >= 15 is 0 Å². The van der Waals surface area contributed by atoms with Crippen LogP contribution in [0.3, 0.4) is 0 Å². The van der Waals surface area contributed by atoms with Gasteiger partial charge in [0, 0.05) is 0 Å². The van der Waals surface area contributed by atoms with Gasteiger partial charge < -0.3 is 14.7 Å². The third kappa shape index (κ3) is 4.91. The molecule has 1 atom stereocenters. The summed E-state index contributed by atoms with van der Waals surface area (Å²) < 4.78 is 20.7. The standard InChI is InChI=1S/C3H8O5P2/c1-2-9(4,5)3-10(6,7)8/h2H,1,3H2,(H,4,5)(H2,6,7,8). The van der Waals surface area contributed by atoms with Crippen LogP contribution >= 0.6 is 15.0 Å². The Balaban J connectivity index is 4.31. The van der Waals surface area contributed by atoms with Crippen LogP contribution in [0.2, 0.25) is 0 Å². The Hall–Kier alpha value is 0.0800. The average Bonchev–Trinajstić information content (AvgIpc) is 1.60. The largest absolute Gasteiger partial charge is 0.341 e. The van der Waals surface area contributed by atoms with Crippen molar-refractivity contribution in [1.82, 2.24) is 0 Å². The van der Waals surface area contributed by atoms with Gasteiger partial charge in [-0.2, -0.15) is 0 Å². The SMILES string of the molecule is C=CP(=O)(O)CP(=O)(O)O. The summed E-state index contributed by atoms with van der Waals surface area (Å²) in [4.78, 5) is 25.0. The summed E-state index contributed by atoms with van der Waals surface area (Å²) in [6, 6.07) is 0. The normalized spacial score (nSPS) is 17.9. The zero-order chi connectivity index (χ0) is 8.41. The van der Waals surface area contributed by atoms with Gasteiger partial charge in [0.2, 0.25) is 7.37 Å². The number of hydrogen-bond donors (Lipinski definition) is 3. The summed E-state index contributed by atoms with van der Waals surface area (Å²) in [6.45, 7) is 2.96. The zero-order valence-electron chi connectivity index (χ0n) is 5.04. The van der Waals surface area contributed by atoms with Crippen LogP contribution in [0, 0.1) is 0 Å². The topological polar surface area (TPSA) is 94.8 Å². The van der Waals surface area contributed by atoms with Crippen LogP contribution in [0.5, 0.6) is 0 Å². The molecule has 0 spiro atoms. The maximum absolute atomic E-state index is 10.5. The van der Waals surface area contributed by atoms with Crippen molar-refractivity contribution >= 4 is 15.0 Å². The summed E-state index contributed by atoms with van der Waals surface area (Å²) in [6.07, 6.45) is 0. The first-order valence-electron chi connectivity index (χ1n) is 2.26. The fourth-order valence-corrected chi connectivity index (χ4v) is 2.90. The molecule has 0 saturated heterocycles. The van der Waals surface area contributed by atoms with Crippen LogP contribution in [0.4, 0.5) is 0 Å². The lowest BCUT2D eigenvalue weighted by molar-refractivity contribution is 0.376. The molecule has 5 nitrogen and oxygen atoms in total. The number of rotatable bonds is 3. The van der Waals surface area contributed by atoms with E-state index in [0.29, 0.717) is 5.82 Å². The first kappa shape index (κ1) is 10.1. The van der Waals surface area contributed by atoms with Crippen LogP contribution in [0.1, 0.15) is 0 Å². The Bertz CT molecular complexity index is 215. The monoisotopic (exact) mass is 186 g/mol. The van der Waals surface area contributed by atoms with Gasteiger partial charge in [0.05, 0.1) is 0 Å². The van der Waals surface area contributed by atoms with Crippen LogP contribution in [0.15, 0.2) is 12.4 Å². The van der Waals surface area contributed by atoms with E-state index in [4.69, 9.17) is 14.7 Å². The Morgan fingerprint density at radius 3 is 1.80 bits per heavy atom. The summed E-state index contributed by atoms with van der Waals surface area (Å²) >= 11 is 0. The van der Waals surface area contributed by atoms with Gasteiger partial charge in [-0.3, -0.25) is 9.13 Å². The molecule has 0 saturated carbocycles. The van der Waals surface area contributed by atoms with Crippen LogP contribution in [0.25, 0.3) is 0 Å². The molecule has 1 unspecified atom stereocenters. The molecule has 0 aromatic rings. The lowest BCUT2D eigenvalue weighted by Gasteiger charge is -2.06. The molecule has 0 aromatic carbocycles.